The smallest absolute Gasteiger partial charge is 0.237 e. The van der Waals surface area contributed by atoms with Crippen LogP contribution in [0.2, 0.25) is 0 Å². The Bertz CT molecular complexity index is 490. The van der Waals surface area contributed by atoms with E-state index in [0.29, 0.717) is 37.6 Å². The lowest BCUT2D eigenvalue weighted by molar-refractivity contribution is -0.116. The number of aromatic nitrogens is 3. The molecule has 0 saturated carbocycles. The molecule has 0 radical (unpaired) electrons. The number of rotatable bonds is 6. The van der Waals surface area contributed by atoms with Crippen LogP contribution in [0.5, 0.6) is 0 Å². The molecule has 0 spiro atoms. The minimum absolute atomic E-state index is 0.0537. The molecule has 1 amide bonds. The maximum Gasteiger partial charge on any atom is 0.237 e. The predicted octanol–water partition coefficient (Wildman–Crippen LogP) is -0.938. The van der Waals surface area contributed by atoms with Crippen molar-refractivity contribution >= 4 is 23.8 Å². The molecule has 0 aliphatic carbocycles. The first-order chi connectivity index (χ1) is 10.1. The van der Waals surface area contributed by atoms with Crippen molar-refractivity contribution in [3.63, 3.8) is 0 Å². The SMILES string of the molecule is CCNc1nc(N(C)CC(N)=O)nc(N2CCOCC2)n1. The molecule has 3 N–H and O–H groups in total. The molecule has 21 heavy (non-hydrogen) atoms. The summed E-state index contributed by atoms with van der Waals surface area (Å²) in [5, 5.41) is 3.07. The first-order valence-electron chi connectivity index (χ1n) is 6.92. The zero-order valence-corrected chi connectivity index (χ0v) is 12.4. The van der Waals surface area contributed by atoms with Gasteiger partial charge >= 0.3 is 0 Å². The maximum absolute atomic E-state index is 11.0. The van der Waals surface area contributed by atoms with Gasteiger partial charge in [0.25, 0.3) is 0 Å². The molecule has 1 saturated heterocycles. The van der Waals surface area contributed by atoms with Gasteiger partial charge in [-0.15, -0.1) is 0 Å². The third-order valence-corrected chi connectivity index (χ3v) is 2.98. The van der Waals surface area contributed by atoms with E-state index in [-0.39, 0.29) is 6.54 Å². The van der Waals surface area contributed by atoms with Crippen LogP contribution in [0.3, 0.4) is 0 Å². The zero-order valence-electron chi connectivity index (χ0n) is 12.4. The van der Waals surface area contributed by atoms with Gasteiger partial charge in [0.1, 0.15) is 0 Å². The summed E-state index contributed by atoms with van der Waals surface area (Å²) >= 11 is 0. The Morgan fingerprint density at radius 1 is 1.38 bits per heavy atom. The number of nitrogens with one attached hydrogen (secondary N) is 1. The predicted molar refractivity (Wildman–Crippen MR) is 79.5 cm³/mol. The second-order valence-electron chi connectivity index (χ2n) is 4.71. The molecule has 1 aliphatic heterocycles. The highest BCUT2D eigenvalue weighted by atomic mass is 16.5. The van der Waals surface area contributed by atoms with Crippen LogP contribution in [0.1, 0.15) is 6.92 Å². The van der Waals surface area contributed by atoms with E-state index >= 15 is 0 Å². The molecule has 2 heterocycles. The number of amides is 1. The fourth-order valence-corrected chi connectivity index (χ4v) is 1.97. The highest BCUT2D eigenvalue weighted by Crippen LogP contribution is 2.16. The highest BCUT2D eigenvalue weighted by Gasteiger charge is 2.18. The molecule has 1 aromatic rings. The van der Waals surface area contributed by atoms with Crippen LogP contribution < -0.4 is 20.9 Å². The van der Waals surface area contributed by atoms with E-state index in [4.69, 9.17) is 10.5 Å². The van der Waals surface area contributed by atoms with Gasteiger partial charge in [-0.1, -0.05) is 0 Å². The lowest BCUT2D eigenvalue weighted by Gasteiger charge is -2.27. The van der Waals surface area contributed by atoms with Crippen LogP contribution in [-0.2, 0) is 9.53 Å². The topological polar surface area (TPSA) is 110 Å². The second kappa shape index (κ2) is 7.02. The Morgan fingerprint density at radius 3 is 2.71 bits per heavy atom. The molecular weight excluding hydrogens is 274 g/mol. The van der Waals surface area contributed by atoms with Gasteiger partial charge in [0.2, 0.25) is 23.8 Å². The number of carbonyl (C=O) groups excluding carboxylic acids is 1. The molecule has 1 fully saturated rings. The summed E-state index contributed by atoms with van der Waals surface area (Å²) in [4.78, 5) is 27.8. The van der Waals surface area contributed by atoms with E-state index in [0.717, 1.165) is 13.1 Å². The van der Waals surface area contributed by atoms with Gasteiger partial charge in [-0.2, -0.15) is 15.0 Å². The van der Waals surface area contributed by atoms with E-state index in [9.17, 15) is 4.79 Å². The molecule has 0 aromatic carbocycles. The molecule has 9 heteroatoms. The van der Waals surface area contributed by atoms with Gasteiger partial charge < -0.3 is 25.6 Å². The first-order valence-corrected chi connectivity index (χ1v) is 6.92. The molecule has 116 valence electrons. The summed E-state index contributed by atoms with van der Waals surface area (Å²) in [6.45, 7) is 5.47. The lowest BCUT2D eigenvalue weighted by atomic mass is 10.4. The first kappa shape index (κ1) is 15.2. The maximum atomic E-state index is 11.0. The van der Waals surface area contributed by atoms with Crippen molar-refractivity contribution in [1.29, 1.82) is 0 Å². The summed E-state index contributed by atoms with van der Waals surface area (Å²) < 4.78 is 5.33. The van der Waals surface area contributed by atoms with Crippen LogP contribution in [0.15, 0.2) is 0 Å². The number of primary amides is 1. The quantitative estimate of drug-likeness (QED) is 0.692. The van der Waals surface area contributed by atoms with Crippen molar-refractivity contribution in [3.8, 4) is 0 Å². The monoisotopic (exact) mass is 295 g/mol. The van der Waals surface area contributed by atoms with Crippen molar-refractivity contribution in [2.45, 2.75) is 6.92 Å². The standard InChI is InChI=1S/C12H21N7O2/c1-3-14-10-15-11(18(2)8-9(13)20)17-12(16-10)19-4-6-21-7-5-19/h3-8H2,1-2H3,(H2,13,20)(H,14,15,16,17). The number of morpholine rings is 1. The van der Waals surface area contributed by atoms with E-state index in [2.05, 4.69) is 20.3 Å². The van der Waals surface area contributed by atoms with Gasteiger partial charge in [-0.3, -0.25) is 4.79 Å². The Balaban J connectivity index is 2.26. The minimum atomic E-state index is -0.434. The van der Waals surface area contributed by atoms with E-state index in [1.54, 1.807) is 11.9 Å². The van der Waals surface area contributed by atoms with E-state index < -0.39 is 5.91 Å². The summed E-state index contributed by atoms with van der Waals surface area (Å²) in [6.07, 6.45) is 0. The largest absolute Gasteiger partial charge is 0.378 e. The van der Waals surface area contributed by atoms with E-state index in [1.807, 2.05) is 11.8 Å². The number of hydrogen-bond acceptors (Lipinski definition) is 8. The van der Waals surface area contributed by atoms with Crippen molar-refractivity contribution in [2.75, 3.05) is 61.6 Å². The number of likely N-dealkylation sites (N-methyl/N-ethyl adjacent to an activating group) is 1. The lowest BCUT2D eigenvalue weighted by Crippen LogP contribution is -2.38. The molecule has 1 aromatic heterocycles. The molecule has 0 unspecified atom stereocenters. The molecule has 0 bridgehead atoms. The van der Waals surface area contributed by atoms with Gasteiger partial charge in [0.15, 0.2) is 0 Å². The zero-order chi connectivity index (χ0) is 15.2. The number of ether oxygens (including phenoxy) is 1. The van der Waals surface area contributed by atoms with Crippen molar-refractivity contribution in [3.05, 3.63) is 0 Å². The average Bonchev–Trinajstić information content (AvgIpc) is 2.47. The van der Waals surface area contributed by atoms with Gasteiger partial charge in [0, 0.05) is 26.7 Å². The number of hydrogen-bond donors (Lipinski definition) is 2. The highest BCUT2D eigenvalue weighted by molar-refractivity contribution is 5.78. The van der Waals surface area contributed by atoms with E-state index in [1.165, 1.54) is 0 Å². The van der Waals surface area contributed by atoms with Crippen LogP contribution >= 0.6 is 0 Å². The minimum Gasteiger partial charge on any atom is -0.378 e. The van der Waals surface area contributed by atoms with Crippen LogP contribution in [0.4, 0.5) is 17.8 Å². The summed E-state index contributed by atoms with van der Waals surface area (Å²) in [5.74, 6) is 1.05. The molecule has 1 aliphatic rings. The molecular formula is C12H21N7O2. The van der Waals surface area contributed by atoms with Crippen LogP contribution in [0, 0.1) is 0 Å². The van der Waals surface area contributed by atoms with Crippen molar-refractivity contribution in [2.24, 2.45) is 5.73 Å². The number of nitrogens with zero attached hydrogens (tertiary/aromatic N) is 5. The third kappa shape index (κ3) is 4.15. The fraction of sp³-hybridized carbons (Fsp3) is 0.667. The second-order valence-corrected chi connectivity index (χ2v) is 4.71. The Labute approximate surface area is 123 Å². The number of anilines is 3. The molecule has 0 atom stereocenters. The fourth-order valence-electron chi connectivity index (χ4n) is 1.97. The Hall–Kier alpha value is -2.16. The summed E-state index contributed by atoms with van der Waals surface area (Å²) in [6, 6.07) is 0. The number of carbonyl (C=O) groups is 1. The van der Waals surface area contributed by atoms with Gasteiger partial charge in [0.05, 0.1) is 19.8 Å². The normalized spacial score (nSPS) is 14.9. The van der Waals surface area contributed by atoms with Crippen LogP contribution in [0.25, 0.3) is 0 Å². The number of nitrogens with two attached hydrogens (primary N) is 1. The van der Waals surface area contributed by atoms with Crippen LogP contribution in [-0.4, -0.2) is 67.3 Å². The average molecular weight is 295 g/mol. The van der Waals surface area contributed by atoms with Gasteiger partial charge in [-0.25, -0.2) is 0 Å². The Morgan fingerprint density at radius 2 is 2.10 bits per heavy atom. The summed E-state index contributed by atoms with van der Waals surface area (Å²) in [7, 11) is 1.72. The molecule has 9 nitrogen and oxygen atoms in total. The van der Waals surface area contributed by atoms with Crippen molar-refractivity contribution in [1.82, 2.24) is 15.0 Å². The van der Waals surface area contributed by atoms with Crippen molar-refractivity contribution < 1.29 is 9.53 Å². The summed E-state index contributed by atoms with van der Waals surface area (Å²) in [5.41, 5.74) is 5.21. The Kier molecular flexibility index (Phi) is 5.09. The third-order valence-electron chi connectivity index (χ3n) is 2.98. The van der Waals surface area contributed by atoms with Gasteiger partial charge in [-0.05, 0) is 6.92 Å². The molecule has 2 rings (SSSR count).